The van der Waals surface area contributed by atoms with Gasteiger partial charge in [-0.1, -0.05) is 56.2 Å². The molecule has 0 saturated heterocycles. The highest BCUT2D eigenvalue weighted by molar-refractivity contribution is 5.93. The van der Waals surface area contributed by atoms with Crippen molar-refractivity contribution in [3.63, 3.8) is 0 Å². The molecule has 0 aliphatic heterocycles. The molecule has 2 aromatic carbocycles. The molecule has 0 aliphatic rings. The van der Waals surface area contributed by atoms with E-state index in [9.17, 15) is 29.1 Å². The molecule has 0 spiro atoms. The number of ether oxygens (including phenoxy) is 2. The number of nitrogens with one attached hydrogen (secondary N) is 3. The summed E-state index contributed by atoms with van der Waals surface area (Å²) in [5.41, 5.74) is 0.0536. The van der Waals surface area contributed by atoms with Gasteiger partial charge in [0.25, 0.3) is 0 Å². The first-order valence-corrected chi connectivity index (χ1v) is 14.1. The Balaban J connectivity index is 2.34. The number of hydrogen-bond donors (Lipinski definition) is 5. The van der Waals surface area contributed by atoms with Crippen molar-refractivity contribution in [2.24, 2.45) is 0 Å². The van der Waals surface area contributed by atoms with Crippen molar-refractivity contribution >= 4 is 29.8 Å². The maximum atomic E-state index is 13.6. The van der Waals surface area contributed by atoms with Gasteiger partial charge in [0, 0.05) is 19.4 Å². The van der Waals surface area contributed by atoms with Crippen LogP contribution in [0.1, 0.15) is 68.4 Å². The second kappa shape index (κ2) is 16.7. The first-order valence-electron chi connectivity index (χ1n) is 14.1. The topological polar surface area (TPSA) is 180 Å². The molecule has 12 heteroatoms. The third-order valence-corrected chi connectivity index (χ3v) is 6.07. The van der Waals surface area contributed by atoms with Crippen LogP contribution in [0, 0.1) is 0 Å². The minimum Gasteiger partial charge on any atom is -0.481 e. The number of aromatic carboxylic acids is 1. The zero-order chi connectivity index (χ0) is 32.0. The number of amides is 3. The van der Waals surface area contributed by atoms with Crippen molar-refractivity contribution < 1.29 is 43.7 Å². The van der Waals surface area contributed by atoms with Crippen molar-refractivity contribution in [3.05, 3.63) is 65.2 Å². The summed E-state index contributed by atoms with van der Waals surface area (Å²) >= 11 is 0. The monoisotopic (exact) mass is 599 g/mol. The van der Waals surface area contributed by atoms with E-state index in [-0.39, 0.29) is 24.2 Å². The number of carbonyl (C=O) groups is 5. The molecule has 0 aliphatic carbocycles. The normalized spacial score (nSPS) is 12.4. The summed E-state index contributed by atoms with van der Waals surface area (Å²) in [6.07, 6.45) is 1.81. The van der Waals surface area contributed by atoms with Crippen LogP contribution < -0.4 is 20.7 Å². The van der Waals surface area contributed by atoms with Gasteiger partial charge in [-0.05, 0) is 50.5 Å². The largest absolute Gasteiger partial charge is 0.481 e. The van der Waals surface area contributed by atoms with Gasteiger partial charge in [0.1, 0.15) is 29.0 Å². The van der Waals surface area contributed by atoms with E-state index >= 15 is 0 Å². The van der Waals surface area contributed by atoms with Crippen LogP contribution in [-0.4, -0.2) is 70.9 Å². The summed E-state index contributed by atoms with van der Waals surface area (Å²) in [5, 5.41) is 26.7. The predicted octanol–water partition coefficient (Wildman–Crippen LogP) is 3.32. The second-order valence-corrected chi connectivity index (χ2v) is 11.0. The fourth-order valence-corrected chi connectivity index (χ4v) is 4.07. The lowest BCUT2D eigenvalue weighted by Crippen LogP contribution is -2.55. The Morgan fingerprint density at radius 1 is 0.837 bits per heavy atom. The fraction of sp³-hybridized carbons (Fsp3) is 0.452. The molecular formula is C31H41N3O9. The van der Waals surface area contributed by atoms with E-state index in [1.807, 2.05) is 13.0 Å². The van der Waals surface area contributed by atoms with Crippen molar-refractivity contribution in [2.45, 2.75) is 77.5 Å². The van der Waals surface area contributed by atoms with Gasteiger partial charge in [-0.2, -0.15) is 0 Å². The van der Waals surface area contributed by atoms with Crippen molar-refractivity contribution in [3.8, 4) is 5.75 Å². The van der Waals surface area contributed by atoms with Gasteiger partial charge < -0.3 is 35.6 Å². The molecule has 2 aromatic rings. The van der Waals surface area contributed by atoms with E-state index in [0.717, 1.165) is 24.8 Å². The van der Waals surface area contributed by atoms with Crippen molar-refractivity contribution in [2.75, 3.05) is 13.2 Å². The molecule has 234 valence electrons. The van der Waals surface area contributed by atoms with Gasteiger partial charge in [-0.25, -0.2) is 14.4 Å². The third kappa shape index (κ3) is 12.8. The number of carbonyl (C=O) groups excluding carboxylic acids is 3. The lowest BCUT2D eigenvalue weighted by atomic mass is 10.0. The van der Waals surface area contributed by atoms with Crippen LogP contribution in [-0.2, 0) is 32.0 Å². The SMILES string of the molecule is CCCCCNC(=O)C(Cc1ccc(OCC(=O)O)c(C(=O)O)c1)NC(=O)[C@H](Cc1ccccc1)NC(=O)OC(C)(C)C. The number of aliphatic carboxylic acids is 1. The Hall–Kier alpha value is -4.61. The molecule has 3 amide bonds. The fourth-order valence-electron chi connectivity index (χ4n) is 4.07. The molecule has 1 unspecified atom stereocenters. The third-order valence-electron chi connectivity index (χ3n) is 6.07. The number of carboxylic acids is 2. The zero-order valence-corrected chi connectivity index (χ0v) is 25.0. The number of hydrogen-bond acceptors (Lipinski definition) is 7. The second-order valence-electron chi connectivity index (χ2n) is 11.0. The highest BCUT2D eigenvalue weighted by Gasteiger charge is 2.29. The smallest absolute Gasteiger partial charge is 0.408 e. The van der Waals surface area contributed by atoms with Gasteiger partial charge >= 0.3 is 18.0 Å². The summed E-state index contributed by atoms with van der Waals surface area (Å²) in [6.45, 7) is 6.76. The molecule has 0 aromatic heterocycles. The van der Waals surface area contributed by atoms with Crippen LogP contribution >= 0.6 is 0 Å². The van der Waals surface area contributed by atoms with Gasteiger partial charge in [0.15, 0.2) is 6.61 Å². The summed E-state index contributed by atoms with van der Waals surface area (Å²) in [7, 11) is 0. The lowest BCUT2D eigenvalue weighted by molar-refractivity contribution is -0.139. The van der Waals surface area contributed by atoms with Crippen LogP contribution in [0.5, 0.6) is 5.75 Å². The number of benzene rings is 2. The Bertz CT molecular complexity index is 1260. The summed E-state index contributed by atoms with van der Waals surface area (Å²) in [5.74, 6) is -3.89. The first-order chi connectivity index (χ1) is 20.3. The van der Waals surface area contributed by atoms with Crippen molar-refractivity contribution in [1.82, 2.24) is 16.0 Å². The average molecular weight is 600 g/mol. The molecule has 0 fully saturated rings. The highest BCUT2D eigenvalue weighted by atomic mass is 16.6. The first kappa shape index (κ1) is 34.6. The molecule has 5 N–H and O–H groups in total. The van der Waals surface area contributed by atoms with Crippen LogP contribution in [0.3, 0.4) is 0 Å². The molecule has 0 radical (unpaired) electrons. The van der Waals surface area contributed by atoms with Gasteiger partial charge in [-0.3, -0.25) is 9.59 Å². The summed E-state index contributed by atoms with van der Waals surface area (Å²) in [6, 6.07) is 10.9. The number of carboxylic acid groups (broad SMARTS) is 2. The molecule has 2 atom stereocenters. The average Bonchev–Trinajstić information content (AvgIpc) is 2.93. The number of unbranched alkanes of at least 4 members (excludes halogenated alkanes) is 2. The van der Waals surface area contributed by atoms with Gasteiger partial charge in [0.2, 0.25) is 11.8 Å². The predicted molar refractivity (Wildman–Crippen MR) is 158 cm³/mol. The Kier molecular flexibility index (Phi) is 13.5. The van der Waals surface area contributed by atoms with Gasteiger partial charge in [0.05, 0.1) is 0 Å². The maximum absolute atomic E-state index is 13.6. The molecular weight excluding hydrogens is 558 g/mol. The number of rotatable bonds is 16. The van der Waals surface area contributed by atoms with E-state index < -0.39 is 54.1 Å². The van der Waals surface area contributed by atoms with E-state index in [2.05, 4.69) is 16.0 Å². The molecule has 12 nitrogen and oxygen atoms in total. The molecule has 0 bridgehead atoms. The van der Waals surface area contributed by atoms with Crippen LogP contribution in [0.25, 0.3) is 0 Å². The van der Waals surface area contributed by atoms with E-state index in [1.165, 1.54) is 18.2 Å². The molecule has 43 heavy (non-hydrogen) atoms. The minimum atomic E-state index is -1.35. The Labute approximate surface area is 251 Å². The maximum Gasteiger partial charge on any atom is 0.408 e. The van der Waals surface area contributed by atoms with Crippen LogP contribution in [0.2, 0.25) is 0 Å². The molecule has 0 saturated carbocycles. The molecule has 2 rings (SSSR count). The zero-order valence-electron chi connectivity index (χ0n) is 25.0. The van der Waals surface area contributed by atoms with Crippen LogP contribution in [0.15, 0.2) is 48.5 Å². The summed E-state index contributed by atoms with van der Waals surface area (Å²) < 4.78 is 10.4. The van der Waals surface area contributed by atoms with Crippen LogP contribution in [0.4, 0.5) is 4.79 Å². The van der Waals surface area contributed by atoms with Crippen molar-refractivity contribution in [1.29, 1.82) is 0 Å². The summed E-state index contributed by atoms with van der Waals surface area (Å²) in [4.78, 5) is 62.2. The quantitative estimate of drug-likeness (QED) is 0.181. The molecule has 0 heterocycles. The van der Waals surface area contributed by atoms with Gasteiger partial charge in [-0.15, -0.1) is 0 Å². The van der Waals surface area contributed by atoms with E-state index in [4.69, 9.17) is 14.6 Å². The highest BCUT2D eigenvalue weighted by Crippen LogP contribution is 2.21. The Morgan fingerprint density at radius 2 is 1.49 bits per heavy atom. The van der Waals surface area contributed by atoms with E-state index in [1.54, 1.807) is 45.0 Å². The Morgan fingerprint density at radius 3 is 2.09 bits per heavy atom. The van der Waals surface area contributed by atoms with E-state index in [0.29, 0.717) is 12.1 Å². The number of alkyl carbamates (subject to hydrolysis) is 1. The minimum absolute atomic E-state index is 0.0880. The lowest BCUT2D eigenvalue weighted by Gasteiger charge is -2.25. The standard InChI is InChI=1S/C31H41N3O9/c1-5-6-10-15-32-27(37)23(18-21-13-14-25(42-19-26(35)36)22(16-21)29(39)40)33-28(38)24(17-20-11-8-7-9-12-20)34-30(41)43-31(2,3)4/h7-9,11-14,16,23-24H,5-6,10,15,17-19H2,1-4H3,(H,32,37)(H,33,38)(H,34,41)(H,35,36)(H,39,40)/t23?,24-/m0/s1.